The number of ether oxygens (including phenoxy) is 2. The molecule has 1 heterocycles. The van der Waals surface area contributed by atoms with Gasteiger partial charge in [0.15, 0.2) is 6.29 Å². The molecule has 0 aromatic rings. The Morgan fingerprint density at radius 2 is 1.31 bits per heavy atom. The lowest BCUT2D eigenvalue weighted by Crippen LogP contribution is -2.38. The van der Waals surface area contributed by atoms with Crippen molar-refractivity contribution in [3.63, 3.8) is 0 Å². The smallest absolute Gasteiger partial charge is 0.266 e. The maximum Gasteiger partial charge on any atom is 0.266 e. The minimum absolute atomic E-state index is 0.0555. The molecule has 2 saturated carbocycles. The Kier molecular flexibility index (Phi) is 9.91. The molecule has 0 aromatic carbocycles. The highest BCUT2D eigenvalue weighted by atomic mass is 19.3. The summed E-state index contributed by atoms with van der Waals surface area (Å²) in [4.78, 5) is 0. The van der Waals surface area contributed by atoms with Crippen molar-refractivity contribution in [2.75, 3.05) is 13.2 Å². The fourth-order valence-electron chi connectivity index (χ4n) is 5.84. The molecule has 3 aliphatic rings. The Hall–Kier alpha value is -0.480. The lowest BCUT2D eigenvalue weighted by molar-refractivity contribution is -0.230. The van der Waals surface area contributed by atoms with Crippen LogP contribution in [0.25, 0.3) is 0 Å². The Morgan fingerprint density at radius 1 is 0.759 bits per heavy atom. The Bertz CT molecular complexity index is 467. The van der Waals surface area contributed by atoms with Gasteiger partial charge in [0.25, 0.3) is 6.08 Å². The molecule has 0 atom stereocenters. The lowest BCUT2D eigenvalue weighted by Gasteiger charge is -2.37. The van der Waals surface area contributed by atoms with E-state index in [1.54, 1.807) is 0 Å². The van der Waals surface area contributed by atoms with Crippen LogP contribution in [-0.2, 0) is 9.47 Å². The molecular formula is C25H42F2O2. The third-order valence-electron chi connectivity index (χ3n) is 7.69. The molecule has 0 amide bonds. The second-order valence-corrected chi connectivity index (χ2v) is 9.99. The van der Waals surface area contributed by atoms with Gasteiger partial charge in [-0.05, 0) is 81.6 Å². The van der Waals surface area contributed by atoms with E-state index in [1.165, 1.54) is 70.3 Å². The lowest BCUT2D eigenvalue weighted by atomic mass is 9.78. The molecule has 29 heavy (non-hydrogen) atoms. The summed E-state index contributed by atoms with van der Waals surface area (Å²) in [6.07, 6.45) is 16.9. The minimum Gasteiger partial charge on any atom is -0.352 e. The van der Waals surface area contributed by atoms with E-state index in [2.05, 4.69) is 6.92 Å². The summed E-state index contributed by atoms with van der Waals surface area (Å²) in [5.41, 5.74) is 0. The first-order chi connectivity index (χ1) is 14.1. The van der Waals surface area contributed by atoms with E-state index in [0.29, 0.717) is 11.8 Å². The highest BCUT2D eigenvalue weighted by Gasteiger charge is 2.32. The van der Waals surface area contributed by atoms with E-state index in [4.69, 9.17) is 9.47 Å². The van der Waals surface area contributed by atoms with Gasteiger partial charge in [-0.15, -0.1) is 0 Å². The fourth-order valence-corrected chi connectivity index (χ4v) is 5.84. The number of rotatable bonds is 9. The highest BCUT2D eigenvalue weighted by molar-refractivity contribution is 4.90. The van der Waals surface area contributed by atoms with Crippen LogP contribution in [0.2, 0.25) is 0 Å². The second-order valence-electron chi connectivity index (χ2n) is 9.99. The van der Waals surface area contributed by atoms with Gasteiger partial charge in [0.05, 0.1) is 13.2 Å². The van der Waals surface area contributed by atoms with Gasteiger partial charge in [-0.1, -0.05) is 39.0 Å². The van der Waals surface area contributed by atoms with E-state index in [-0.39, 0.29) is 12.2 Å². The summed E-state index contributed by atoms with van der Waals surface area (Å²) in [7, 11) is 0. The van der Waals surface area contributed by atoms with Crippen LogP contribution in [0.5, 0.6) is 0 Å². The molecule has 0 spiro atoms. The fraction of sp³-hybridized carbons (Fsp3) is 0.920. The summed E-state index contributed by atoms with van der Waals surface area (Å²) in [6.45, 7) is 4.01. The zero-order chi connectivity index (χ0) is 20.5. The third kappa shape index (κ3) is 7.94. The molecule has 4 heteroatoms. The molecule has 3 fully saturated rings. The number of halogens is 2. The van der Waals surface area contributed by atoms with Gasteiger partial charge < -0.3 is 9.47 Å². The number of hydrogen-bond acceptors (Lipinski definition) is 2. The topological polar surface area (TPSA) is 18.5 Å². The van der Waals surface area contributed by atoms with Gasteiger partial charge in [-0.25, -0.2) is 0 Å². The van der Waals surface area contributed by atoms with Crippen molar-refractivity contribution in [1.82, 2.24) is 0 Å². The highest BCUT2D eigenvalue weighted by Crippen LogP contribution is 2.37. The first kappa shape index (κ1) is 23.2. The van der Waals surface area contributed by atoms with E-state index in [1.807, 2.05) is 0 Å². The first-order valence-electron chi connectivity index (χ1n) is 12.4. The van der Waals surface area contributed by atoms with Crippen LogP contribution in [0.4, 0.5) is 8.78 Å². The summed E-state index contributed by atoms with van der Waals surface area (Å²) in [5, 5.41) is 0. The molecule has 0 radical (unpaired) electrons. The summed E-state index contributed by atoms with van der Waals surface area (Å²) in [6, 6.07) is 0. The van der Waals surface area contributed by atoms with E-state index < -0.39 is 6.08 Å². The van der Waals surface area contributed by atoms with Crippen LogP contribution >= 0.6 is 0 Å². The van der Waals surface area contributed by atoms with Gasteiger partial charge in [-0.2, -0.15) is 8.78 Å². The monoisotopic (exact) mass is 412 g/mol. The maximum atomic E-state index is 12.4. The number of allylic oxidation sites excluding steroid dienone is 1. The standard InChI is InChI=1S/C25H42F2O2/c1-2-5-22-17-28-25(29-18-22)23-14-12-20(13-15-23)7-4-3-6-19-8-10-21(11-9-19)16-24(26)27/h16,19-23,25H,2-15,17-18H2,1H3. The largest absolute Gasteiger partial charge is 0.352 e. The summed E-state index contributed by atoms with van der Waals surface area (Å²) < 4.78 is 36.8. The van der Waals surface area contributed by atoms with Crippen molar-refractivity contribution in [1.29, 1.82) is 0 Å². The Morgan fingerprint density at radius 3 is 1.83 bits per heavy atom. The minimum atomic E-state index is -1.49. The van der Waals surface area contributed by atoms with Gasteiger partial charge in [0, 0.05) is 11.8 Å². The molecule has 1 aliphatic heterocycles. The molecule has 3 rings (SSSR count). The second kappa shape index (κ2) is 12.4. The molecule has 0 aromatic heterocycles. The van der Waals surface area contributed by atoms with E-state index in [9.17, 15) is 8.78 Å². The summed E-state index contributed by atoms with van der Waals surface area (Å²) in [5.74, 6) is 2.99. The summed E-state index contributed by atoms with van der Waals surface area (Å²) >= 11 is 0. The van der Waals surface area contributed by atoms with Crippen LogP contribution in [-0.4, -0.2) is 19.5 Å². The first-order valence-corrected chi connectivity index (χ1v) is 12.4. The predicted molar refractivity (Wildman–Crippen MR) is 114 cm³/mol. The van der Waals surface area contributed by atoms with Gasteiger partial charge in [0.2, 0.25) is 0 Å². The molecule has 0 bridgehead atoms. The van der Waals surface area contributed by atoms with Crippen molar-refractivity contribution < 1.29 is 18.3 Å². The predicted octanol–water partition coefficient (Wildman–Crippen LogP) is 7.73. The van der Waals surface area contributed by atoms with Crippen LogP contribution < -0.4 is 0 Å². The molecule has 168 valence electrons. The van der Waals surface area contributed by atoms with E-state index >= 15 is 0 Å². The molecule has 2 aliphatic carbocycles. The zero-order valence-electron chi connectivity index (χ0n) is 18.4. The van der Waals surface area contributed by atoms with Crippen LogP contribution in [0.15, 0.2) is 12.2 Å². The van der Waals surface area contributed by atoms with Crippen LogP contribution in [0.3, 0.4) is 0 Å². The normalized spacial score (nSPS) is 36.0. The molecular weight excluding hydrogens is 370 g/mol. The Balaban J connectivity index is 1.22. The van der Waals surface area contributed by atoms with Gasteiger partial charge in [0.1, 0.15) is 0 Å². The third-order valence-corrected chi connectivity index (χ3v) is 7.69. The van der Waals surface area contributed by atoms with Gasteiger partial charge in [-0.3, -0.25) is 0 Å². The molecule has 0 unspecified atom stereocenters. The molecule has 0 N–H and O–H groups in total. The van der Waals surface area contributed by atoms with Crippen molar-refractivity contribution in [2.24, 2.45) is 29.6 Å². The van der Waals surface area contributed by atoms with Crippen LogP contribution in [0.1, 0.15) is 96.8 Å². The zero-order valence-corrected chi connectivity index (χ0v) is 18.4. The SMILES string of the molecule is CCCC1COC(C2CCC(CCCCC3CCC(C=C(F)F)CC3)CC2)OC1. The average Bonchev–Trinajstić information content (AvgIpc) is 2.73. The molecule has 1 saturated heterocycles. The van der Waals surface area contributed by atoms with Gasteiger partial charge >= 0.3 is 0 Å². The maximum absolute atomic E-state index is 12.4. The van der Waals surface area contributed by atoms with Crippen molar-refractivity contribution >= 4 is 0 Å². The average molecular weight is 413 g/mol. The van der Waals surface area contributed by atoms with Crippen molar-refractivity contribution in [3.05, 3.63) is 12.2 Å². The van der Waals surface area contributed by atoms with Crippen LogP contribution in [0, 0.1) is 29.6 Å². The number of unbranched alkanes of at least 4 members (excludes halogenated alkanes) is 1. The molecule has 2 nitrogen and oxygen atoms in total. The quantitative estimate of drug-likeness (QED) is 0.361. The van der Waals surface area contributed by atoms with Crippen molar-refractivity contribution in [2.45, 2.75) is 103 Å². The van der Waals surface area contributed by atoms with E-state index in [0.717, 1.165) is 50.7 Å². The number of hydrogen-bond donors (Lipinski definition) is 0. The van der Waals surface area contributed by atoms with Crippen molar-refractivity contribution in [3.8, 4) is 0 Å². The Labute approximate surface area is 176 Å².